The number of amides is 1. The molecule has 0 saturated heterocycles. The Bertz CT molecular complexity index is 743. The van der Waals surface area contributed by atoms with E-state index >= 15 is 0 Å². The second-order valence-electron chi connectivity index (χ2n) is 4.77. The highest BCUT2D eigenvalue weighted by Gasteiger charge is 2.31. The fourth-order valence-corrected chi connectivity index (χ4v) is 3.66. The van der Waals surface area contributed by atoms with E-state index in [0.29, 0.717) is 24.7 Å². The van der Waals surface area contributed by atoms with Gasteiger partial charge in [0.05, 0.1) is 4.90 Å². The maximum atomic E-state index is 12.6. The molecule has 8 nitrogen and oxygen atoms in total. The van der Waals surface area contributed by atoms with E-state index in [4.69, 9.17) is 14.7 Å². The van der Waals surface area contributed by atoms with Crippen LogP contribution in [0.4, 0.5) is 0 Å². The van der Waals surface area contributed by atoms with Gasteiger partial charge in [-0.15, -0.1) is 0 Å². The third-order valence-corrected chi connectivity index (χ3v) is 5.24. The van der Waals surface area contributed by atoms with Crippen molar-refractivity contribution in [1.29, 1.82) is 0 Å². The van der Waals surface area contributed by atoms with E-state index in [0.717, 1.165) is 4.31 Å². The van der Waals surface area contributed by atoms with Crippen LogP contribution in [0.2, 0.25) is 0 Å². The summed E-state index contributed by atoms with van der Waals surface area (Å²) >= 11 is 0. The minimum absolute atomic E-state index is 0.0656. The molecule has 0 aromatic heterocycles. The molecule has 2 heterocycles. The Morgan fingerprint density at radius 2 is 1.95 bits per heavy atom. The third kappa shape index (κ3) is 2.54. The molecule has 0 aliphatic carbocycles. The maximum Gasteiger partial charge on any atom is 0.271 e. The lowest BCUT2D eigenvalue weighted by Crippen LogP contribution is -2.31. The van der Waals surface area contributed by atoms with E-state index in [2.05, 4.69) is 0 Å². The fourth-order valence-electron chi connectivity index (χ4n) is 2.28. The standard InChI is InChI=1S/C13H14N2O6S/c16-13(14-17)9-3-4-15(8-9)22(18,19)10-1-2-11-12(7-10)21-6-5-20-11/h1-3,7,17H,4-6,8H2,(H,14,16). The highest BCUT2D eigenvalue weighted by Crippen LogP contribution is 2.33. The van der Waals surface area contributed by atoms with Crippen molar-refractivity contribution in [2.75, 3.05) is 26.3 Å². The van der Waals surface area contributed by atoms with E-state index in [-0.39, 0.29) is 23.6 Å². The maximum absolute atomic E-state index is 12.6. The number of rotatable bonds is 3. The molecule has 0 bridgehead atoms. The van der Waals surface area contributed by atoms with Crippen LogP contribution < -0.4 is 15.0 Å². The van der Waals surface area contributed by atoms with Gasteiger partial charge in [0, 0.05) is 24.7 Å². The summed E-state index contributed by atoms with van der Waals surface area (Å²) in [5.41, 5.74) is 1.69. The summed E-state index contributed by atoms with van der Waals surface area (Å²) in [6.07, 6.45) is 1.46. The molecule has 22 heavy (non-hydrogen) atoms. The van der Waals surface area contributed by atoms with Gasteiger partial charge in [0.1, 0.15) is 13.2 Å². The molecule has 3 rings (SSSR count). The van der Waals surface area contributed by atoms with Crippen molar-refractivity contribution < 1.29 is 27.9 Å². The van der Waals surface area contributed by atoms with Gasteiger partial charge in [-0.3, -0.25) is 10.0 Å². The predicted molar refractivity (Wildman–Crippen MR) is 74.2 cm³/mol. The Morgan fingerprint density at radius 1 is 1.23 bits per heavy atom. The number of nitrogens with one attached hydrogen (secondary N) is 1. The first kappa shape index (κ1) is 14.8. The Labute approximate surface area is 126 Å². The Kier molecular flexibility index (Phi) is 3.77. The lowest BCUT2D eigenvalue weighted by Gasteiger charge is -2.21. The van der Waals surface area contributed by atoms with Gasteiger partial charge in [-0.2, -0.15) is 4.31 Å². The quantitative estimate of drug-likeness (QED) is 0.593. The van der Waals surface area contributed by atoms with Gasteiger partial charge in [0.15, 0.2) is 11.5 Å². The second kappa shape index (κ2) is 5.59. The first-order valence-electron chi connectivity index (χ1n) is 6.55. The molecule has 0 unspecified atom stereocenters. The van der Waals surface area contributed by atoms with E-state index in [1.807, 2.05) is 0 Å². The summed E-state index contributed by atoms with van der Waals surface area (Å²) in [5, 5.41) is 8.59. The number of benzene rings is 1. The molecule has 2 aliphatic rings. The van der Waals surface area contributed by atoms with Gasteiger partial charge in [0.2, 0.25) is 10.0 Å². The van der Waals surface area contributed by atoms with Crippen LogP contribution in [-0.2, 0) is 14.8 Å². The van der Waals surface area contributed by atoms with Gasteiger partial charge in [-0.05, 0) is 12.1 Å². The molecular weight excluding hydrogens is 312 g/mol. The van der Waals surface area contributed by atoms with Gasteiger partial charge in [0.25, 0.3) is 5.91 Å². The zero-order valence-corrected chi connectivity index (χ0v) is 12.3. The predicted octanol–water partition coefficient (Wildman–Crippen LogP) is -0.106. The molecule has 9 heteroatoms. The van der Waals surface area contributed by atoms with Gasteiger partial charge in [-0.1, -0.05) is 6.08 Å². The van der Waals surface area contributed by atoms with Gasteiger partial charge < -0.3 is 9.47 Å². The lowest BCUT2D eigenvalue weighted by molar-refractivity contribution is -0.125. The molecule has 1 amide bonds. The van der Waals surface area contributed by atoms with Crippen LogP contribution in [0.3, 0.4) is 0 Å². The highest BCUT2D eigenvalue weighted by atomic mass is 32.2. The molecule has 2 aliphatic heterocycles. The number of ether oxygens (including phenoxy) is 2. The molecular formula is C13H14N2O6S. The van der Waals surface area contributed by atoms with E-state index in [9.17, 15) is 13.2 Å². The summed E-state index contributed by atoms with van der Waals surface area (Å²) in [6.45, 7) is 0.764. The molecule has 1 aromatic rings. The van der Waals surface area contributed by atoms with Crippen LogP contribution in [0, 0.1) is 0 Å². The summed E-state index contributed by atoms with van der Waals surface area (Å²) in [5.74, 6) is 0.178. The second-order valence-corrected chi connectivity index (χ2v) is 6.71. The molecule has 1 aromatic carbocycles. The molecule has 0 spiro atoms. The Morgan fingerprint density at radius 3 is 2.68 bits per heavy atom. The van der Waals surface area contributed by atoms with Crippen molar-refractivity contribution in [3.63, 3.8) is 0 Å². The van der Waals surface area contributed by atoms with Crippen molar-refractivity contribution in [3.05, 3.63) is 29.8 Å². The lowest BCUT2D eigenvalue weighted by atomic mass is 10.3. The van der Waals surface area contributed by atoms with E-state index in [1.54, 1.807) is 6.07 Å². The largest absolute Gasteiger partial charge is 0.486 e. The smallest absolute Gasteiger partial charge is 0.271 e. The summed E-state index contributed by atoms with van der Waals surface area (Å²) in [7, 11) is -3.76. The summed E-state index contributed by atoms with van der Waals surface area (Å²) < 4.78 is 37.0. The zero-order chi connectivity index (χ0) is 15.7. The number of carbonyl (C=O) groups is 1. The van der Waals surface area contributed by atoms with Crippen molar-refractivity contribution in [1.82, 2.24) is 9.79 Å². The first-order chi connectivity index (χ1) is 10.5. The van der Waals surface area contributed by atoms with Crippen LogP contribution in [0.15, 0.2) is 34.7 Å². The Hall–Kier alpha value is -2.10. The molecule has 0 fully saturated rings. The van der Waals surface area contributed by atoms with Crippen molar-refractivity contribution in [2.24, 2.45) is 0 Å². The zero-order valence-electron chi connectivity index (χ0n) is 11.5. The van der Waals surface area contributed by atoms with E-state index < -0.39 is 15.9 Å². The minimum Gasteiger partial charge on any atom is -0.486 e. The molecule has 0 atom stereocenters. The van der Waals surface area contributed by atoms with Crippen LogP contribution in [-0.4, -0.2) is 50.1 Å². The van der Waals surface area contributed by atoms with Gasteiger partial charge >= 0.3 is 0 Å². The van der Waals surface area contributed by atoms with Crippen molar-refractivity contribution in [3.8, 4) is 11.5 Å². The summed E-state index contributed by atoms with van der Waals surface area (Å²) in [6, 6.07) is 4.40. The van der Waals surface area contributed by atoms with Crippen LogP contribution in [0.25, 0.3) is 0 Å². The Balaban J connectivity index is 1.84. The summed E-state index contributed by atoms with van der Waals surface area (Å²) in [4.78, 5) is 11.4. The molecule has 0 radical (unpaired) electrons. The van der Waals surface area contributed by atoms with Crippen molar-refractivity contribution >= 4 is 15.9 Å². The van der Waals surface area contributed by atoms with Crippen LogP contribution in [0.5, 0.6) is 11.5 Å². The van der Waals surface area contributed by atoms with E-state index in [1.165, 1.54) is 23.7 Å². The molecule has 0 saturated carbocycles. The average molecular weight is 326 g/mol. The number of nitrogens with zero attached hydrogens (tertiary/aromatic N) is 1. The number of hydrogen-bond donors (Lipinski definition) is 2. The van der Waals surface area contributed by atoms with Gasteiger partial charge in [-0.25, -0.2) is 13.9 Å². The number of fused-ring (bicyclic) bond motifs is 1. The first-order valence-corrected chi connectivity index (χ1v) is 7.99. The number of hydroxylamine groups is 1. The average Bonchev–Trinajstić information content (AvgIpc) is 3.04. The topological polar surface area (TPSA) is 105 Å². The normalized spacial score (nSPS) is 18.0. The highest BCUT2D eigenvalue weighted by molar-refractivity contribution is 7.89. The van der Waals surface area contributed by atoms with Crippen molar-refractivity contribution in [2.45, 2.75) is 4.90 Å². The van der Waals surface area contributed by atoms with Crippen LogP contribution in [0.1, 0.15) is 0 Å². The molecule has 118 valence electrons. The SMILES string of the molecule is O=C(NO)C1=CCN(S(=O)(=O)c2ccc3c(c2)OCCO3)C1. The number of carbonyl (C=O) groups excluding carboxylic acids is 1. The monoisotopic (exact) mass is 326 g/mol. The fraction of sp³-hybridized carbons (Fsp3) is 0.308. The third-order valence-electron chi connectivity index (χ3n) is 3.43. The number of hydrogen-bond acceptors (Lipinski definition) is 6. The molecule has 2 N–H and O–H groups in total. The minimum atomic E-state index is -3.76. The van der Waals surface area contributed by atoms with Crippen LogP contribution >= 0.6 is 0 Å². The number of sulfonamides is 1.